The molecule has 0 spiro atoms. The van der Waals surface area contributed by atoms with Crippen LogP contribution < -0.4 is 5.32 Å². The minimum absolute atomic E-state index is 0. The standard InChI is InChI=1S/C15H20Br2N2O.2ClH/c16-11-8-12(15(20)13(17)9-11)14(7-10-1-2-10)19-5-3-18-4-6-19;;/h8-10,14,18,20H,1-7H2;2*1H/t14-;;/m1../s1. The summed E-state index contributed by atoms with van der Waals surface area (Å²) >= 11 is 7.01. The number of benzene rings is 1. The molecule has 7 heteroatoms. The van der Waals surface area contributed by atoms with Crippen molar-refractivity contribution in [3.63, 3.8) is 0 Å². The Kier molecular flexibility index (Phi) is 8.48. The first-order chi connectivity index (χ1) is 9.65. The second-order valence-corrected chi connectivity index (χ2v) is 7.58. The smallest absolute Gasteiger partial charge is 0.134 e. The van der Waals surface area contributed by atoms with Gasteiger partial charge in [0, 0.05) is 42.3 Å². The number of hydrogen-bond acceptors (Lipinski definition) is 3. The second-order valence-electron chi connectivity index (χ2n) is 5.81. The molecule has 2 aliphatic rings. The van der Waals surface area contributed by atoms with E-state index >= 15 is 0 Å². The molecule has 1 aliphatic carbocycles. The van der Waals surface area contributed by atoms with Gasteiger partial charge in [0.25, 0.3) is 0 Å². The molecule has 2 N–H and O–H groups in total. The van der Waals surface area contributed by atoms with E-state index in [1.165, 1.54) is 12.8 Å². The fourth-order valence-corrected chi connectivity index (χ4v) is 4.23. The van der Waals surface area contributed by atoms with Gasteiger partial charge in [-0.15, -0.1) is 24.8 Å². The van der Waals surface area contributed by atoms with Crippen molar-refractivity contribution >= 4 is 56.7 Å². The molecule has 22 heavy (non-hydrogen) atoms. The van der Waals surface area contributed by atoms with Gasteiger partial charge in [0.05, 0.1) is 4.47 Å². The number of nitrogens with zero attached hydrogens (tertiary/aromatic N) is 1. The number of hydrogen-bond donors (Lipinski definition) is 2. The van der Waals surface area contributed by atoms with Crippen molar-refractivity contribution in [2.24, 2.45) is 5.92 Å². The Bertz CT molecular complexity index is 495. The molecule has 0 amide bonds. The molecule has 0 bridgehead atoms. The zero-order chi connectivity index (χ0) is 14.1. The van der Waals surface area contributed by atoms with Gasteiger partial charge < -0.3 is 10.4 Å². The molecule has 1 aliphatic heterocycles. The Hall–Kier alpha value is 0.480. The van der Waals surface area contributed by atoms with E-state index in [4.69, 9.17) is 0 Å². The molecule has 1 saturated heterocycles. The van der Waals surface area contributed by atoms with Crippen LogP contribution in [0, 0.1) is 5.92 Å². The van der Waals surface area contributed by atoms with Gasteiger partial charge in [-0.05, 0) is 40.4 Å². The monoisotopic (exact) mass is 474 g/mol. The van der Waals surface area contributed by atoms with E-state index in [1.54, 1.807) is 0 Å². The number of halogens is 4. The van der Waals surface area contributed by atoms with Crippen LogP contribution in [0.25, 0.3) is 0 Å². The van der Waals surface area contributed by atoms with Gasteiger partial charge in [0.1, 0.15) is 5.75 Å². The topological polar surface area (TPSA) is 35.5 Å². The lowest BCUT2D eigenvalue weighted by Crippen LogP contribution is -2.45. The van der Waals surface area contributed by atoms with E-state index in [2.05, 4.69) is 48.1 Å². The van der Waals surface area contributed by atoms with Gasteiger partial charge in [0.2, 0.25) is 0 Å². The average Bonchev–Trinajstić information content (AvgIpc) is 3.25. The van der Waals surface area contributed by atoms with E-state index in [1.807, 2.05) is 6.07 Å². The Labute approximate surface area is 161 Å². The molecule has 3 nitrogen and oxygen atoms in total. The van der Waals surface area contributed by atoms with Crippen LogP contribution in [-0.4, -0.2) is 36.2 Å². The Morgan fingerprint density at radius 2 is 1.82 bits per heavy atom. The van der Waals surface area contributed by atoms with Crippen LogP contribution >= 0.6 is 56.7 Å². The van der Waals surface area contributed by atoms with Crippen molar-refractivity contribution in [1.29, 1.82) is 0 Å². The number of phenolic OH excluding ortho intramolecular Hbond substituents is 1. The summed E-state index contributed by atoms with van der Waals surface area (Å²) in [4.78, 5) is 2.52. The van der Waals surface area contributed by atoms with Crippen LogP contribution in [-0.2, 0) is 0 Å². The highest BCUT2D eigenvalue weighted by Gasteiger charge is 2.32. The summed E-state index contributed by atoms with van der Waals surface area (Å²) in [5.74, 6) is 1.24. The molecule has 2 fully saturated rings. The minimum atomic E-state index is 0. The van der Waals surface area contributed by atoms with Gasteiger partial charge >= 0.3 is 0 Å². The second kappa shape index (κ2) is 9.09. The summed E-state index contributed by atoms with van der Waals surface area (Å²) in [6.07, 6.45) is 3.85. The Morgan fingerprint density at radius 3 is 2.41 bits per heavy atom. The summed E-state index contributed by atoms with van der Waals surface area (Å²) in [6, 6.07) is 4.32. The van der Waals surface area contributed by atoms with Crippen LogP contribution in [0.5, 0.6) is 5.75 Å². The summed E-state index contributed by atoms with van der Waals surface area (Å²) in [5, 5.41) is 13.9. The summed E-state index contributed by atoms with van der Waals surface area (Å²) in [7, 11) is 0. The van der Waals surface area contributed by atoms with Crippen molar-refractivity contribution in [1.82, 2.24) is 10.2 Å². The molecular formula is C15H22Br2Cl2N2O. The van der Waals surface area contributed by atoms with Crippen molar-refractivity contribution in [3.05, 3.63) is 26.6 Å². The summed E-state index contributed by atoms with van der Waals surface area (Å²) < 4.78 is 1.80. The minimum Gasteiger partial charge on any atom is -0.506 e. The lowest BCUT2D eigenvalue weighted by atomic mass is 9.98. The van der Waals surface area contributed by atoms with Crippen LogP contribution in [0.4, 0.5) is 0 Å². The molecule has 1 aromatic rings. The maximum Gasteiger partial charge on any atom is 0.134 e. The van der Waals surface area contributed by atoms with E-state index < -0.39 is 0 Å². The molecule has 1 heterocycles. The Morgan fingerprint density at radius 1 is 1.18 bits per heavy atom. The number of piperazine rings is 1. The third-order valence-electron chi connectivity index (χ3n) is 4.26. The van der Waals surface area contributed by atoms with Gasteiger partial charge in [-0.3, -0.25) is 4.90 Å². The number of aromatic hydroxyl groups is 1. The number of phenols is 1. The average molecular weight is 477 g/mol. The van der Waals surface area contributed by atoms with Gasteiger partial charge in [0.15, 0.2) is 0 Å². The predicted molar refractivity (Wildman–Crippen MR) is 103 cm³/mol. The van der Waals surface area contributed by atoms with Crippen LogP contribution in [0.3, 0.4) is 0 Å². The Balaban J connectivity index is 0.00000121. The zero-order valence-corrected chi connectivity index (χ0v) is 17.0. The highest BCUT2D eigenvalue weighted by atomic mass is 79.9. The maximum absolute atomic E-state index is 10.4. The fourth-order valence-electron chi connectivity index (χ4n) is 2.98. The largest absolute Gasteiger partial charge is 0.506 e. The predicted octanol–water partition coefficient (Wildman–Crippen LogP) is 4.51. The van der Waals surface area contributed by atoms with Crippen molar-refractivity contribution < 1.29 is 5.11 Å². The summed E-state index contributed by atoms with van der Waals surface area (Å²) in [6.45, 7) is 4.19. The van der Waals surface area contributed by atoms with Crippen LogP contribution in [0.15, 0.2) is 21.1 Å². The van der Waals surface area contributed by atoms with Gasteiger partial charge in [-0.1, -0.05) is 28.8 Å². The number of nitrogens with one attached hydrogen (secondary N) is 1. The molecular weight excluding hydrogens is 455 g/mol. The molecule has 1 atom stereocenters. The van der Waals surface area contributed by atoms with Gasteiger partial charge in [-0.2, -0.15) is 0 Å². The first-order valence-electron chi connectivity index (χ1n) is 7.28. The molecule has 1 aromatic carbocycles. The van der Waals surface area contributed by atoms with Crippen LogP contribution in [0.1, 0.15) is 30.9 Å². The lowest BCUT2D eigenvalue weighted by Gasteiger charge is -2.36. The molecule has 0 radical (unpaired) electrons. The van der Waals surface area contributed by atoms with E-state index in [0.29, 0.717) is 11.8 Å². The van der Waals surface area contributed by atoms with E-state index in [9.17, 15) is 5.11 Å². The van der Waals surface area contributed by atoms with Crippen LogP contribution in [0.2, 0.25) is 0 Å². The SMILES string of the molecule is Cl.Cl.Oc1c(Br)cc(Br)cc1[C@@H](CC1CC1)N1CCNCC1. The molecule has 0 unspecified atom stereocenters. The van der Waals surface area contributed by atoms with E-state index in [-0.39, 0.29) is 24.8 Å². The molecule has 1 saturated carbocycles. The van der Waals surface area contributed by atoms with Crippen molar-refractivity contribution in [2.45, 2.75) is 25.3 Å². The van der Waals surface area contributed by atoms with E-state index in [0.717, 1.165) is 53.0 Å². The highest BCUT2D eigenvalue weighted by molar-refractivity contribution is 9.11. The third-order valence-corrected chi connectivity index (χ3v) is 5.32. The maximum atomic E-state index is 10.4. The molecule has 0 aromatic heterocycles. The lowest BCUT2D eigenvalue weighted by molar-refractivity contribution is 0.158. The first kappa shape index (κ1) is 20.5. The first-order valence-corrected chi connectivity index (χ1v) is 8.86. The highest BCUT2D eigenvalue weighted by Crippen LogP contribution is 2.44. The van der Waals surface area contributed by atoms with Crippen molar-refractivity contribution in [2.75, 3.05) is 26.2 Å². The molecule has 3 rings (SSSR count). The third kappa shape index (κ3) is 4.99. The fraction of sp³-hybridized carbons (Fsp3) is 0.600. The zero-order valence-electron chi connectivity index (χ0n) is 12.2. The van der Waals surface area contributed by atoms with Gasteiger partial charge in [-0.25, -0.2) is 0 Å². The molecule has 126 valence electrons. The summed E-state index contributed by atoms with van der Waals surface area (Å²) in [5.41, 5.74) is 1.06. The van der Waals surface area contributed by atoms with Crippen molar-refractivity contribution in [3.8, 4) is 5.75 Å². The quantitative estimate of drug-likeness (QED) is 0.671. The normalized spacial score (nSPS) is 19.9. The number of rotatable bonds is 4.